The minimum absolute atomic E-state index is 0. The molecule has 0 saturated carbocycles. The van der Waals surface area contributed by atoms with E-state index in [1.165, 1.54) is 283 Å². The van der Waals surface area contributed by atoms with Crippen LogP contribution in [0.5, 0.6) is 0 Å². The standard InChI is InChI=1S/4C18H34O2.2Cd/c4*1-2-3-4-5-6-7-8-9-10-11-12-13-14-15-16-17-18(19)20;;/h4*9-10H,2-8,11-17H2,1H3,(H,19,20);;/b4*10-9-;;. The van der Waals surface area contributed by atoms with Crippen molar-refractivity contribution in [1.82, 2.24) is 0 Å². The topological polar surface area (TPSA) is 149 Å². The minimum atomic E-state index is -0.664. The second kappa shape index (κ2) is 88.4. The molecule has 0 atom stereocenters. The van der Waals surface area contributed by atoms with Gasteiger partial charge in [-0.1, -0.05) is 282 Å². The van der Waals surface area contributed by atoms with Crippen LogP contribution in [0, 0.1) is 0 Å². The van der Waals surface area contributed by atoms with Crippen molar-refractivity contribution in [3.05, 3.63) is 48.6 Å². The molecule has 10 heteroatoms. The second-order valence-corrected chi connectivity index (χ2v) is 22.9. The van der Waals surface area contributed by atoms with E-state index in [0.29, 0.717) is 25.7 Å². The van der Waals surface area contributed by atoms with E-state index in [0.717, 1.165) is 51.4 Å². The predicted octanol–water partition coefficient (Wildman–Crippen LogP) is 24.4. The maximum atomic E-state index is 10.3. The van der Waals surface area contributed by atoms with Crippen LogP contribution in [-0.2, 0) is 73.8 Å². The molecule has 0 spiro atoms. The summed E-state index contributed by atoms with van der Waals surface area (Å²) < 4.78 is 0. The Morgan fingerprint density at radius 1 is 0.195 bits per heavy atom. The van der Waals surface area contributed by atoms with Gasteiger partial charge in [0.25, 0.3) is 0 Å². The molecular weight excluding hydrogens is 1220 g/mol. The number of unbranched alkanes of at least 4 members (excludes halogenated alkanes) is 44. The summed E-state index contributed by atoms with van der Waals surface area (Å²) in [5.74, 6) is -2.66. The van der Waals surface area contributed by atoms with Gasteiger partial charge in [-0.2, -0.15) is 0 Å². The van der Waals surface area contributed by atoms with E-state index >= 15 is 0 Å². The minimum Gasteiger partial charge on any atom is -0.481 e. The van der Waals surface area contributed by atoms with Crippen molar-refractivity contribution in [3.63, 3.8) is 0 Å². The summed E-state index contributed by atoms with van der Waals surface area (Å²) in [5.41, 5.74) is 0. The normalized spacial score (nSPS) is 11.0. The first-order valence-electron chi connectivity index (χ1n) is 34.6. The summed E-state index contributed by atoms with van der Waals surface area (Å²) in [7, 11) is 0. The number of rotatable bonds is 60. The number of carboxylic acids is 4. The SMILES string of the molecule is CCCCCCCC/C=C\CCCCCCCC(=O)O.CCCCCCCC/C=C\CCCCCCCC(=O)O.CCCCCCCC/C=C\CCCCCCCC(=O)O.CCCCCCCC/C=C\CCCCCCCC(=O)O.[Cd].[Cd]. The van der Waals surface area contributed by atoms with E-state index in [-0.39, 0.29) is 54.6 Å². The molecule has 476 valence electrons. The van der Waals surface area contributed by atoms with Gasteiger partial charge in [0.2, 0.25) is 0 Å². The van der Waals surface area contributed by atoms with Crippen LogP contribution in [0.4, 0.5) is 0 Å². The van der Waals surface area contributed by atoms with Gasteiger partial charge in [-0.3, -0.25) is 19.2 Å². The van der Waals surface area contributed by atoms with Gasteiger partial charge >= 0.3 is 23.9 Å². The van der Waals surface area contributed by atoms with Gasteiger partial charge < -0.3 is 20.4 Å². The van der Waals surface area contributed by atoms with E-state index in [1.807, 2.05) is 0 Å². The number of allylic oxidation sites excluding steroid dienone is 8. The molecule has 0 aliphatic rings. The van der Waals surface area contributed by atoms with Crippen molar-refractivity contribution in [2.24, 2.45) is 0 Å². The van der Waals surface area contributed by atoms with Crippen molar-refractivity contribution < 1.29 is 94.2 Å². The Hall–Kier alpha value is -1.32. The number of hydrogen-bond donors (Lipinski definition) is 4. The van der Waals surface area contributed by atoms with Gasteiger partial charge in [-0.15, -0.1) is 0 Å². The Kier molecular flexibility index (Phi) is 99.1. The summed E-state index contributed by atoms with van der Waals surface area (Å²) in [6.45, 7) is 9.04. The molecule has 0 aromatic heterocycles. The molecule has 0 amide bonds. The van der Waals surface area contributed by atoms with Crippen LogP contribution < -0.4 is 0 Å². The number of aliphatic carboxylic acids is 4. The summed E-state index contributed by atoms with van der Waals surface area (Å²) in [6.07, 6.45) is 85.0. The van der Waals surface area contributed by atoms with Gasteiger partial charge in [-0.25, -0.2) is 0 Å². The Balaban J connectivity index is -0.000000233. The molecule has 0 bridgehead atoms. The number of carboxylic acid groups (broad SMARTS) is 4. The zero-order valence-corrected chi connectivity index (χ0v) is 63.1. The third-order valence-corrected chi connectivity index (χ3v) is 14.6. The predicted molar refractivity (Wildman–Crippen MR) is 348 cm³/mol. The van der Waals surface area contributed by atoms with Crippen LogP contribution in [0.2, 0.25) is 0 Å². The molecule has 8 nitrogen and oxygen atoms in total. The summed E-state index contributed by atoms with van der Waals surface area (Å²) in [6, 6.07) is 0. The van der Waals surface area contributed by atoms with E-state index in [4.69, 9.17) is 20.4 Å². The van der Waals surface area contributed by atoms with Crippen LogP contribution in [0.15, 0.2) is 48.6 Å². The quantitative estimate of drug-likeness (QED) is 0.0267. The molecule has 4 N–H and O–H groups in total. The van der Waals surface area contributed by atoms with Crippen LogP contribution in [0.1, 0.15) is 387 Å². The fourth-order valence-electron chi connectivity index (χ4n) is 9.39. The first-order chi connectivity index (χ1) is 39.1. The second-order valence-electron chi connectivity index (χ2n) is 22.9. The van der Waals surface area contributed by atoms with E-state index < -0.39 is 23.9 Å². The first-order valence-corrected chi connectivity index (χ1v) is 34.6. The van der Waals surface area contributed by atoms with Crippen LogP contribution in [0.3, 0.4) is 0 Å². The fourth-order valence-corrected chi connectivity index (χ4v) is 9.39. The molecule has 0 aliphatic carbocycles. The number of carbonyl (C=O) groups is 4. The molecule has 0 aromatic rings. The monoisotopic (exact) mass is 1360 g/mol. The van der Waals surface area contributed by atoms with Crippen LogP contribution >= 0.6 is 0 Å². The average molecular weight is 1350 g/mol. The first kappa shape index (κ1) is 91.8. The van der Waals surface area contributed by atoms with Crippen LogP contribution in [0.25, 0.3) is 0 Å². The van der Waals surface area contributed by atoms with E-state index in [9.17, 15) is 19.2 Å². The van der Waals surface area contributed by atoms with Gasteiger partial charge in [0.05, 0.1) is 0 Å². The molecule has 0 aliphatic heterocycles. The summed E-state index contributed by atoms with van der Waals surface area (Å²) in [5, 5.41) is 34.0. The zero-order chi connectivity index (χ0) is 59.6. The Bertz CT molecular complexity index is 1150. The third kappa shape index (κ3) is 107. The maximum absolute atomic E-state index is 10.3. The van der Waals surface area contributed by atoms with E-state index in [1.54, 1.807) is 0 Å². The van der Waals surface area contributed by atoms with Crippen molar-refractivity contribution in [3.8, 4) is 0 Å². The van der Waals surface area contributed by atoms with Crippen LogP contribution in [-0.4, -0.2) is 44.3 Å². The molecular formula is C72H136Cd2O8. The zero-order valence-electron chi connectivity index (χ0n) is 55.1. The molecule has 0 radical (unpaired) electrons. The van der Waals surface area contributed by atoms with Gasteiger partial charge in [0.15, 0.2) is 0 Å². The van der Waals surface area contributed by atoms with Gasteiger partial charge in [-0.05, 0) is 128 Å². The third-order valence-electron chi connectivity index (χ3n) is 14.6. The van der Waals surface area contributed by atoms with Gasteiger partial charge in [0, 0.05) is 80.3 Å². The maximum Gasteiger partial charge on any atom is 0.303 e. The number of hydrogen-bond acceptors (Lipinski definition) is 4. The molecule has 0 saturated heterocycles. The van der Waals surface area contributed by atoms with E-state index in [2.05, 4.69) is 76.3 Å². The molecule has 0 heterocycles. The Morgan fingerprint density at radius 3 is 0.427 bits per heavy atom. The Morgan fingerprint density at radius 2 is 0.305 bits per heavy atom. The average Bonchev–Trinajstić information content (AvgIpc) is 3.43. The molecule has 0 fully saturated rings. The van der Waals surface area contributed by atoms with Crippen molar-refractivity contribution >= 4 is 23.9 Å². The largest absolute Gasteiger partial charge is 0.481 e. The van der Waals surface area contributed by atoms with Crippen molar-refractivity contribution in [1.29, 1.82) is 0 Å². The molecule has 82 heavy (non-hydrogen) atoms. The molecule has 0 unspecified atom stereocenters. The van der Waals surface area contributed by atoms with Gasteiger partial charge in [0.1, 0.15) is 0 Å². The van der Waals surface area contributed by atoms with Crippen molar-refractivity contribution in [2.75, 3.05) is 0 Å². The molecule has 0 rings (SSSR count). The van der Waals surface area contributed by atoms with Crippen molar-refractivity contribution in [2.45, 2.75) is 387 Å². The smallest absolute Gasteiger partial charge is 0.303 e. The summed E-state index contributed by atoms with van der Waals surface area (Å²) in [4.78, 5) is 41.3. The summed E-state index contributed by atoms with van der Waals surface area (Å²) >= 11 is 0. The Labute approximate surface area is 549 Å². The molecule has 0 aromatic carbocycles. The fraction of sp³-hybridized carbons (Fsp3) is 0.833.